The lowest BCUT2D eigenvalue weighted by atomic mass is 10.1. The number of nitrogens with zero attached hydrogens (tertiary/aromatic N) is 3. The maximum atomic E-state index is 12.2. The van der Waals surface area contributed by atoms with Crippen LogP contribution in [0.25, 0.3) is 5.70 Å². The predicted octanol–water partition coefficient (Wildman–Crippen LogP) is 1.40. The number of rotatable bonds is 5. The minimum absolute atomic E-state index is 0.0490. The quantitative estimate of drug-likeness (QED) is 0.543. The summed E-state index contributed by atoms with van der Waals surface area (Å²) in [6.45, 7) is 5.18. The van der Waals surface area contributed by atoms with Crippen molar-refractivity contribution >= 4 is 11.8 Å². The van der Waals surface area contributed by atoms with Gasteiger partial charge < -0.3 is 25.5 Å². The number of aromatic nitrogens is 1. The lowest BCUT2D eigenvalue weighted by molar-refractivity contribution is 0.111. The normalized spacial score (nSPS) is 18.1. The van der Waals surface area contributed by atoms with Gasteiger partial charge in [-0.1, -0.05) is 13.3 Å². The second-order valence-corrected chi connectivity index (χ2v) is 6.34. The summed E-state index contributed by atoms with van der Waals surface area (Å²) in [6.07, 6.45) is 1.70. The number of aryl methyl sites for hydroxylation is 1. The van der Waals surface area contributed by atoms with Gasteiger partial charge in [0.15, 0.2) is 0 Å². The van der Waals surface area contributed by atoms with Crippen LogP contribution >= 0.6 is 0 Å². The summed E-state index contributed by atoms with van der Waals surface area (Å²) in [5.74, 6) is 6.46. The first-order valence-corrected chi connectivity index (χ1v) is 8.39. The summed E-state index contributed by atoms with van der Waals surface area (Å²) in [7, 11) is 1.62. The van der Waals surface area contributed by atoms with Crippen LogP contribution in [0.2, 0.25) is 0 Å². The molecule has 0 bridgehead atoms. The number of carbonyl (C=O) groups excluding carboxylic acids is 1. The molecule has 1 aromatic heterocycles. The van der Waals surface area contributed by atoms with E-state index in [0.29, 0.717) is 35.2 Å². The fourth-order valence-electron chi connectivity index (χ4n) is 2.77. The Morgan fingerprint density at radius 2 is 2.24 bits per heavy atom. The zero-order chi connectivity index (χ0) is 18.6. The van der Waals surface area contributed by atoms with Gasteiger partial charge in [0.25, 0.3) is 0 Å². The Labute approximate surface area is 148 Å². The topological polar surface area (TPSA) is 118 Å². The van der Waals surface area contributed by atoms with Gasteiger partial charge in [0.1, 0.15) is 12.4 Å². The van der Waals surface area contributed by atoms with E-state index >= 15 is 0 Å². The summed E-state index contributed by atoms with van der Waals surface area (Å²) >= 11 is 0. The summed E-state index contributed by atoms with van der Waals surface area (Å²) in [4.78, 5) is 18.2. The number of likely N-dealkylation sites (tertiary alicyclic amines) is 1. The van der Waals surface area contributed by atoms with Crippen molar-refractivity contribution < 1.29 is 14.6 Å². The fraction of sp³-hybridized carbons (Fsp3) is 0.529. The number of carbonyl (C=O) groups is 1. The third kappa shape index (κ3) is 4.54. The van der Waals surface area contributed by atoms with Crippen molar-refractivity contribution in [3.63, 3.8) is 0 Å². The minimum Gasteiger partial charge on any atom is -0.506 e. The average molecular weight is 349 g/mol. The smallest absolute Gasteiger partial charge is 0.410 e. The molecule has 0 saturated carbocycles. The van der Waals surface area contributed by atoms with Crippen molar-refractivity contribution in [3.05, 3.63) is 29.2 Å². The molecular formula is C17H27N5O3. The van der Waals surface area contributed by atoms with Gasteiger partial charge in [-0.2, -0.15) is 0 Å². The molecule has 2 rings (SSSR count). The van der Waals surface area contributed by atoms with E-state index in [-0.39, 0.29) is 18.4 Å². The number of ether oxygens (including phenoxy) is 1. The van der Waals surface area contributed by atoms with E-state index in [1.165, 1.54) is 11.1 Å². The van der Waals surface area contributed by atoms with Crippen LogP contribution in [0.3, 0.4) is 0 Å². The number of hydrogen-bond acceptors (Lipinski definition) is 7. The lowest BCUT2D eigenvalue weighted by Gasteiger charge is -2.22. The molecule has 0 spiro atoms. The Bertz CT molecular complexity index is 660. The largest absolute Gasteiger partial charge is 0.506 e. The summed E-state index contributed by atoms with van der Waals surface area (Å²) in [6, 6.07) is 3.11. The Hall–Kier alpha value is -2.48. The van der Waals surface area contributed by atoms with Crippen molar-refractivity contribution in [2.45, 2.75) is 26.7 Å². The summed E-state index contributed by atoms with van der Waals surface area (Å²) in [5.41, 5.74) is 7.81. The number of likely N-dealkylation sites (N-methyl/N-ethyl adjacent to an activating group) is 1. The van der Waals surface area contributed by atoms with Crippen LogP contribution < -0.4 is 11.6 Å². The Balaban J connectivity index is 2.09. The van der Waals surface area contributed by atoms with Crippen molar-refractivity contribution in [1.82, 2.24) is 14.9 Å². The van der Waals surface area contributed by atoms with Crippen LogP contribution in [0.1, 0.15) is 31.2 Å². The molecular weight excluding hydrogens is 322 g/mol. The summed E-state index contributed by atoms with van der Waals surface area (Å²) in [5, 5.41) is 10.9. The molecule has 1 aliphatic heterocycles. The van der Waals surface area contributed by atoms with Crippen molar-refractivity contribution in [2.24, 2.45) is 17.5 Å². The van der Waals surface area contributed by atoms with Crippen LogP contribution in [0.4, 0.5) is 4.79 Å². The maximum absolute atomic E-state index is 12.2. The third-order valence-corrected chi connectivity index (χ3v) is 4.52. The van der Waals surface area contributed by atoms with Crippen LogP contribution in [0, 0.1) is 12.8 Å². The van der Waals surface area contributed by atoms with E-state index in [0.717, 1.165) is 19.4 Å². The first-order valence-electron chi connectivity index (χ1n) is 8.39. The molecule has 138 valence electrons. The molecule has 0 aromatic carbocycles. The molecule has 5 N–H and O–H groups in total. The first-order chi connectivity index (χ1) is 11.8. The van der Waals surface area contributed by atoms with Crippen molar-refractivity contribution in [1.29, 1.82) is 0 Å². The zero-order valence-corrected chi connectivity index (χ0v) is 15.0. The molecule has 8 heteroatoms. The molecule has 1 unspecified atom stereocenters. The Kier molecular flexibility index (Phi) is 6.08. The van der Waals surface area contributed by atoms with E-state index in [1.54, 1.807) is 24.9 Å². The number of nitrogens with two attached hydrogens (primary N) is 2. The monoisotopic (exact) mass is 349 g/mol. The highest BCUT2D eigenvalue weighted by molar-refractivity contribution is 5.69. The van der Waals surface area contributed by atoms with Gasteiger partial charge in [0, 0.05) is 20.1 Å². The molecule has 1 aliphatic rings. The van der Waals surface area contributed by atoms with Crippen molar-refractivity contribution in [3.8, 4) is 5.75 Å². The van der Waals surface area contributed by atoms with E-state index in [1.807, 2.05) is 0 Å². The van der Waals surface area contributed by atoms with E-state index < -0.39 is 0 Å². The van der Waals surface area contributed by atoms with Gasteiger partial charge in [0.05, 0.1) is 22.8 Å². The van der Waals surface area contributed by atoms with Crippen LogP contribution in [0.15, 0.2) is 17.8 Å². The second kappa shape index (κ2) is 8.06. The molecule has 2 heterocycles. The van der Waals surface area contributed by atoms with Crippen LogP contribution in [-0.4, -0.2) is 52.8 Å². The highest BCUT2D eigenvalue weighted by atomic mass is 16.6. The van der Waals surface area contributed by atoms with E-state index in [4.69, 9.17) is 16.3 Å². The number of hydrazine groups is 1. The van der Waals surface area contributed by atoms with Crippen molar-refractivity contribution in [2.75, 3.05) is 26.7 Å². The van der Waals surface area contributed by atoms with Gasteiger partial charge in [-0.25, -0.2) is 15.6 Å². The molecule has 1 atom stereocenters. The van der Waals surface area contributed by atoms with Gasteiger partial charge in [-0.3, -0.25) is 0 Å². The van der Waals surface area contributed by atoms with Gasteiger partial charge in [0.2, 0.25) is 0 Å². The van der Waals surface area contributed by atoms with Gasteiger partial charge >= 0.3 is 6.09 Å². The van der Waals surface area contributed by atoms with Crippen LogP contribution in [-0.2, 0) is 4.74 Å². The predicted molar refractivity (Wildman–Crippen MR) is 95.0 cm³/mol. The van der Waals surface area contributed by atoms with Crippen LogP contribution in [0.5, 0.6) is 5.75 Å². The standard InChI is InChI=1S/C17H27N5O3/c1-4-12-7-8-22(9-12)17(24)25-10-14(21(3)19)16(18)13-5-6-15(23)11(2)20-13/h5-6,12,23H,4,7-10,18-19H2,1-3H3/b16-14-. The zero-order valence-electron chi connectivity index (χ0n) is 15.0. The molecule has 0 radical (unpaired) electrons. The van der Waals surface area contributed by atoms with Gasteiger partial charge in [-0.15, -0.1) is 0 Å². The Morgan fingerprint density at radius 3 is 2.80 bits per heavy atom. The Morgan fingerprint density at radius 1 is 1.52 bits per heavy atom. The third-order valence-electron chi connectivity index (χ3n) is 4.52. The number of aromatic hydroxyl groups is 1. The van der Waals surface area contributed by atoms with E-state index in [2.05, 4.69) is 11.9 Å². The fourth-order valence-corrected chi connectivity index (χ4v) is 2.77. The minimum atomic E-state index is -0.363. The van der Waals surface area contributed by atoms with Gasteiger partial charge in [-0.05, 0) is 31.4 Å². The SMILES string of the molecule is CCC1CCN(C(=O)OC/C(=C(/N)c2ccc(O)c(C)n2)N(C)N)C1. The number of amides is 1. The number of hydrogen-bond donors (Lipinski definition) is 3. The molecule has 1 amide bonds. The highest BCUT2D eigenvalue weighted by Gasteiger charge is 2.26. The average Bonchev–Trinajstić information content (AvgIpc) is 3.06. The molecule has 1 fully saturated rings. The summed E-state index contributed by atoms with van der Waals surface area (Å²) < 4.78 is 5.39. The molecule has 25 heavy (non-hydrogen) atoms. The lowest BCUT2D eigenvalue weighted by Crippen LogP contribution is -2.34. The number of pyridine rings is 1. The van der Waals surface area contributed by atoms with E-state index in [9.17, 15) is 9.90 Å². The highest BCUT2D eigenvalue weighted by Crippen LogP contribution is 2.21. The second-order valence-electron chi connectivity index (χ2n) is 6.34. The maximum Gasteiger partial charge on any atom is 0.410 e. The molecule has 1 aromatic rings. The first kappa shape index (κ1) is 18.9. The molecule has 0 aliphatic carbocycles. The molecule has 1 saturated heterocycles. The molecule has 8 nitrogen and oxygen atoms in total.